The Bertz CT molecular complexity index is 1840. The highest BCUT2D eigenvalue weighted by atomic mass is 32.7. The van der Waals surface area contributed by atoms with Crippen LogP contribution in [0, 0.1) is 0 Å². The molecule has 0 amide bonds. The summed E-state index contributed by atoms with van der Waals surface area (Å²) in [5.74, 6) is 0.0550. The van der Waals surface area contributed by atoms with E-state index in [1.165, 1.54) is 21.9 Å². The van der Waals surface area contributed by atoms with Gasteiger partial charge in [-0.2, -0.15) is 0 Å². The average molecular weight is 694 g/mol. The van der Waals surface area contributed by atoms with Gasteiger partial charge in [0.25, 0.3) is 0 Å². The van der Waals surface area contributed by atoms with Gasteiger partial charge in [0.15, 0.2) is 36.3 Å². The van der Waals surface area contributed by atoms with Crippen LogP contribution in [0.3, 0.4) is 0 Å². The van der Waals surface area contributed by atoms with E-state index in [1.807, 2.05) is 0 Å². The van der Waals surface area contributed by atoms with Gasteiger partial charge in [-0.25, -0.2) is 33.0 Å². The van der Waals surface area contributed by atoms with Gasteiger partial charge in [0, 0.05) is 0 Å². The highest BCUT2D eigenvalue weighted by molar-refractivity contribution is 8.44. The normalized spacial score (nSPS) is 38.3. The van der Waals surface area contributed by atoms with E-state index in [2.05, 4.69) is 37.5 Å². The van der Waals surface area contributed by atoms with Crippen LogP contribution < -0.4 is 11.5 Å². The van der Waals surface area contributed by atoms with Crippen molar-refractivity contribution in [1.29, 1.82) is 0 Å². The predicted octanol–water partition coefficient (Wildman–Crippen LogP) is 1.98. The van der Waals surface area contributed by atoms with E-state index in [0.29, 0.717) is 16.7 Å². The van der Waals surface area contributed by atoms with Crippen molar-refractivity contribution in [3.05, 3.63) is 30.9 Å². The average Bonchev–Trinajstić information content (AvgIpc) is 3.73. The standard InChI is InChI=1S/C21H23F2N9O8P2S2/c22-12-10-4-35-41(33,43)39-16-11(38-20(13(16)23)31-7-28-15-18(25)26-6-27-19(15)31)5-36-42(34,44)40-17(12)21(37-10)32-9-3-1-2-8(24)14(9)29-30-32/h1-3,6-7,10-13,16-17,20-21H,4-5,24H2,(H,33,43)(H,34,44)(H2,25,26,27)/t10?,11?,12-,13-,16-,17-,20-,21-,41?,42?/m1/s1. The van der Waals surface area contributed by atoms with Gasteiger partial charge in [-0.3, -0.25) is 18.1 Å². The number of nitrogen functional groups attached to an aromatic ring is 2. The molecule has 236 valence electrons. The molecule has 3 aliphatic rings. The molecule has 0 spiro atoms. The number of imidazole rings is 1. The largest absolute Gasteiger partial charge is 0.397 e. The van der Waals surface area contributed by atoms with Crippen LogP contribution in [0.2, 0.25) is 0 Å². The fourth-order valence-electron chi connectivity index (χ4n) is 5.25. The Morgan fingerprint density at radius 2 is 1.77 bits per heavy atom. The van der Waals surface area contributed by atoms with Gasteiger partial charge in [0.2, 0.25) is 0 Å². The van der Waals surface area contributed by atoms with Gasteiger partial charge in [0.1, 0.15) is 41.8 Å². The first-order valence-electron chi connectivity index (χ1n) is 12.9. The summed E-state index contributed by atoms with van der Waals surface area (Å²) in [5, 5.41) is 8.05. The van der Waals surface area contributed by atoms with E-state index in [9.17, 15) is 9.46 Å². The smallest absolute Gasteiger partial charge is 0.386 e. The van der Waals surface area contributed by atoms with Crippen LogP contribution in [0.15, 0.2) is 30.9 Å². The van der Waals surface area contributed by atoms with Crippen molar-refractivity contribution >= 4 is 71.3 Å². The van der Waals surface area contributed by atoms with Crippen LogP contribution in [0.5, 0.6) is 0 Å². The van der Waals surface area contributed by atoms with E-state index in [0.717, 1.165) is 0 Å². The van der Waals surface area contributed by atoms with Gasteiger partial charge in [-0.15, -0.1) is 5.10 Å². The van der Waals surface area contributed by atoms with Crippen molar-refractivity contribution in [1.82, 2.24) is 34.5 Å². The number of hydrogen-bond acceptors (Lipinski definition) is 15. The molecule has 0 aliphatic carbocycles. The lowest BCUT2D eigenvalue weighted by Gasteiger charge is -2.26. The first kappa shape index (κ1) is 30.2. The third kappa shape index (κ3) is 5.28. The number of rotatable bonds is 2. The molecule has 23 heteroatoms. The summed E-state index contributed by atoms with van der Waals surface area (Å²) in [5.41, 5.74) is 13.2. The van der Waals surface area contributed by atoms with Crippen LogP contribution in [0.4, 0.5) is 20.3 Å². The van der Waals surface area contributed by atoms with Crippen LogP contribution in [-0.4, -0.2) is 89.4 Å². The zero-order valence-corrected chi connectivity index (χ0v) is 25.5. The molecule has 44 heavy (non-hydrogen) atoms. The van der Waals surface area contributed by atoms with Crippen LogP contribution >= 0.6 is 25.8 Å². The molecule has 0 saturated carbocycles. The second-order valence-corrected chi connectivity index (χ2v) is 15.7. The molecule has 3 fully saturated rings. The number of halogens is 2. The number of benzene rings is 1. The second-order valence-electron chi connectivity index (χ2n) is 10.0. The van der Waals surface area contributed by atoms with Crippen LogP contribution in [0.25, 0.3) is 22.2 Å². The highest BCUT2D eigenvalue weighted by Gasteiger charge is 2.54. The zero-order valence-electron chi connectivity index (χ0n) is 22.0. The third-order valence-electron chi connectivity index (χ3n) is 7.28. The SMILES string of the molecule is Nc1ncnc2c1ncn2[C@@H]1OC2COP(O)(=S)O[C@@H]3[C@H](F)C(COP(=O)(S)O[C@H]2[C@H]1F)O[C@H]3n1nnc2c(N)cccc21. The third-order valence-corrected chi connectivity index (χ3v) is 10.5. The van der Waals surface area contributed by atoms with Gasteiger partial charge in [-0.1, -0.05) is 23.5 Å². The Hall–Kier alpha value is -2.42. The number of ether oxygens (including phenoxy) is 2. The lowest BCUT2D eigenvalue weighted by molar-refractivity contribution is -0.0623. The first-order valence-corrected chi connectivity index (χ1v) is 18.1. The molecule has 3 aliphatic heterocycles. The van der Waals surface area contributed by atoms with E-state index in [-0.39, 0.29) is 17.0 Å². The molecule has 0 radical (unpaired) electrons. The Labute approximate surface area is 256 Å². The fraction of sp³-hybridized carbons (Fsp3) is 0.476. The number of alkyl halides is 2. The van der Waals surface area contributed by atoms with E-state index in [4.69, 9.17) is 50.8 Å². The molecule has 6 heterocycles. The fourth-order valence-corrected chi connectivity index (χ4v) is 8.14. The molecule has 10 atom stereocenters. The molecule has 4 aromatic rings. The van der Waals surface area contributed by atoms with Gasteiger partial charge >= 0.3 is 13.5 Å². The summed E-state index contributed by atoms with van der Waals surface area (Å²) in [6.07, 6.45) is -10.4. The minimum atomic E-state index is -4.41. The second kappa shape index (κ2) is 11.1. The summed E-state index contributed by atoms with van der Waals surface area (Å²) >= 11 is 9.17. The quantitative estimate of drug-likeness (QED) is 0.134. The van der Waals surface area contributed by atoms with E-state index < -0.39 is 75.9 Å². The first-order chi connectivity index (χ1) is 20.9. The molecule has 5 N–H and O–H groups in total. The minimum absolute atomic E-state index is 0.0550. The molecule has 4 unspecified atom stereocenters. The van der Waals surface area contributed by atoms with Crippen molar-refractivity contribution < 1.29 is 45.8 Å². The summed E-state index contributed by atoms with van der Waals surface area (Å²) < 4.78 is 81.2. The molecule has 17 nitrogen and oxygen atoms in total. The number of nitrogens with zero attached hydrogens (tertiary/aromatic N) is 7. The van der Waals surface area contributed by atoms with E-state index >= 15 is 8.78 Å². The molecule has 1 aromatic carbocycles. The van der Waals surface area contributed by atoms with Gasteiger partial charge in [-0.05, 0) is 23.9 Å². The van der Waals surface area contributed by atoms with Gasteiger partial charge < -0.3 is 30.4 Å². The highest BCUT2D eigenvalue weighted by Crippen LogP contribution is 2.58. The van der Waals surface area contributed by atoms with Crippen molar-refractivity contribution in [2.45, 2.75) is 49.2 Å². The maximum absolute atomic E-state index is 16.0. The predicted molar refractivity (Wildman–Crippen MR) is 154 cm³/mol. The molecule has 3 aromatic heterocycles. The zero-order chi connectivity index (χ0) is 31.0. The molecular weight excluding hydrogens is 670 g/mol. The lowest BCUT2D eigenvalue weighted by Crippen LogP contribution is -2.34. The monoisotopic (exact) mass is 693 g/mol. The van der Waals surface area contributed by atoms with Crippen molar-refractivity contribution in [2.24, 2.45) is 0 Å². The summed E-state index contributed by atoms with van der Waals surface area (Å²) in [6, 6.07) is 4.86. The Morgan fingerprint density at radius 1 is 1.00 bits per heavy atom. The Morgan fingerprint density at radius 3 is 2.59 bits per heavy atom. The molecule has 2 bridgehead atoms. The number of fused-ring (bicyclic) bond motifs is 5. The minimum Gasteiger partial charge on any atom is -0.397 e. The topological polar surface area (TPSA) is 219 Å². The van der Waals surface area contributed by atoms with Crippen molar-refractivity contribution in [3.63, 3.8) is 0 Å². The summed E-state index contributed by atoms with van der Waals surface area (Å²) in [6.45, 7) is -10.0. The number of nitrogens with two attached hydrogens (primary N) is 2. The maximum Gasteiger partial charge on any atom is 0.386 e. The number of hydrogen-bond donors (Lipinski definition) is 4. The van der Waals surface area contributed by atoms with Crippen LogP contribution in [-0.2, 0) is 43.9 Å². The Balaban J connectivity index is 1.20. The molecule has 7 rings (SSSR count). The van der Waals surface area contributed by atoms with Gasteiger partial charge in [0.05, 0.1) is 30.7 Å². The summed E-state index contributed by atoms with van der Waals surface area (Å²) in [7, 11) is 0. The van der Waals surface area contributed by atoms with Crippen LogP contribution in [0.1, 0.15) is 12.5 Å². The molecule has 3 saturated heterocycles. The lowest BCUT2D eigenvalue weighted by atomic mass is 10.1. The van der Waals surface area contributed by atoms with Crippen molar-refractivity contribution in [2.75, 3.05) is 24.7 Å². The summed E-state index contributed by atoms with van der Waals surface area (Å²) in [4.78, 5) is 23.1. The number of thiol groups is 1. The Kier molecular flexibility index (Phi) is 7.65. The number of aromatic nitrogens is 7. The van der Waals surface area contributed by atoms with Crippen molar-refractivity contribution in [3.8, 4) is 0 Å². The van der Waals surface area contributed by atoms with E-state index in [1.54, 1.807) is 18.2 Å². The number of anilines is 2. The maximum atomic E-state index is 16.0. The molecular formula is C21H23F2N9O8P2S2.